The number of morpholine rings is 1. The molecule has 2 heterocycles. The van der Waals surface area contributed by atoms with E-state index in [0.29, 0.717) is 0 Å². The molecule has 0 aromatic carbocycles. The molecule has 1 atom stereocenters. The Labute approximate surface area is 187 Å². The standard InChI is InChI=1S/C20H37N5O2.HI/c1-6-24(7-2)17(18-9-8-12-27-18)15-22-19(21-5)23-16-20(3,4)25-10-13-26-14-11-25;/h8-9,12,17H,6-7,10-11,13-16H2,1-5H3,(H2,21,22,23);1H. The van der Waals surface area contributed by atoms with Crippen molar-refractivity contribution >= 4 is 29.9 Å². The highest BCUT2D eigenvalue weighted by molar-refractivity contribution is 14.0. The SMILES string of the molecule is CCN(CC)C(CNC(=NC)NCC(C)(C)N1CCOCC1)c1ccco1.I. The summed E-state index contributed by atoms with van der Waals surface area (Å²) in [5.74, 6) is 1.80. The second kappa shape index (κ2) is 12.7. The summed E-state index contributed by atoms with van der Waals surface area (Å²) >= 11 is 0. The molecule has 0 radical (unpaired) electrons. The van der Waals surface area contributed by atoms with Gasteiger partial charge in [0.1, 0.15) is 5.76 Å². The number of nitrogens with zero attached hydrogens (tertiary/aromatic N) is 3. The van der Waals surface area contributed by atoms with Crippen molar-refractivity contribution in [2.24, 2.45) is 4.99 Å². The van der Waals surface area contributed by atoms with Crippen LogP contribution in [-0.4, -0.2) is 80.8 Å². The first kappa shape index (κ1) is 25.2. The summed E-state index contributed by atoms with van der Waals surface area (Å²) in [7, 11) is 1.82. The quantitative estimate of drug-likeness (QED) is 0.305. The number of hydrogen-bond donors (Lipinski definition) is 2. The van der Waals surface area contributed by atoms with E-state index in [2.05, 4.69) is 53.1 Å². The van der Waals surface area contributed by atoms with Gasteiger partial charge in [0.25, 0.3) is 0 Å². The Morgan fingerprint density at radius 1 is 1.25 bits per heavy atom. The predicted octanol–water partition coefficient (Wildman–Crippen LogP) is 2.56. The van der Waals surface area contributed by atoms with Crippen LogP contribution in [0, 0.1) is 0 Å². The fraction of sp³-hybridized carbons (Fsp3) is 0.750. The average molecular weight is 507 g/mol. The number of halogens is 1. The lowest BCUT2D eigenvalue weighted by Crippen LogP contribution is -2.56. The highest BCUT2D eigenvalue weighted by atomic mass is 127. The Bertz CT molecular complexity index is 555. The van der Waals surface area contributed by atoms with Crippen molar-refractivity contribution in [1.82, 2.24) is 20.4 Å². The minimum absolute atomic E-state index is 0. The van der Waals surface area contributed by atoms with Gasteiger partial charge in [-0.1, -0.05) is 13.8 Å². The number of furan rings is 1. The maximum absolute atomic E-state index is 5.68. The normalized spacial score (nSPS) is 17.3. The fourth-order valence-corrected chi connectivity index (χ4v) is 3.55. The van der Waals surface area contributed by atoms with Gasteiger partial charge in [-0.15, -0.1) is 24.0 Å². The van der Waals surface area contributed by atoms with Crippen LogP contribution in [0.4, 0.5) is 0 Å². The summed E-state index contributed by atoms with van der Waals surface area (Å²) in [6, 6.07) is 4.17. The first-order chi connectivity index (χ1) is 13.0. The van der Waals surface area contributed by atoms with Gasteiger partial charge in [-0.3, -0.25) is 14.8 Å². The third-order valence-corrected chi connectivity index (χ3v) is 5.37. The van der Waals surface area contributed by atoms with E-state index in [1.165, 1.54) is 0 Å². The molecule has 1 unspecified atom stereocenters. The van der Waals surface area contributed by atoms with Crippen molar-refractivity contribution in [2.45, 2.75) is 39.3 Å². The molecule has 162 valence electrons. The Balaban J connectivity index is 0.00000392. The zero-order chi connectivity index (χ0) is 19.7. The summed E-state index contributed by atoms with van der Waals surface area (Å²) in [5.41, 5.74) is 0.0423. The number of nitrogens with one attached hydrogen (secondary N) is 2. The Kier molecular flexibility index (Phi) is 11.4. The number of ether oxygens (including phenoxy) is 1. The first-order valence-electron chi connectivity index (χ1n) is 10.1. The molecular weight excluding hydrogens is 469 g/mol. The molecule has 1 aliphatic rings. The van der Waals surface area contributed by atoms with Crippen molar-refractivity contribution < 1.29 is 9.15 Å². The van der Waals surface area contributed by atoms with Crippen molar-refractivity contribution in [3.8, 4) is 0 Å². The van der Waals surface area contributed by atoms with Crippen LogP contribution < -0.4 is 10.6 Å². The second-order valence-electron chi connectivity index (χ2n) is 7.47. The molecule has 0 spiro atoms. The van der Waals surface area contributed by atoms with Crippen LogP contribution in [0.5, 0.6) is 0 Å². The van der Waals surface area contributed by atoms with Gasteiger partial charge in [0.2, 0.25) is 0 Å². The summed E-state index contributed by atoms with van der Waals surface area (Å²) in [6.45, 7) is 16.0. The van der Waals surface area contributed by atoms with Crippen molar-refractivity contribution in [2.75, 3.05) is 59.5 Å². The molecule has 0 bridgehead atoms. The monoisotopic (exact) mass is 507 g/mol. The van der Waals surface area contributed by atoms with Gasteiger partial charge in [-0.2, -0.15) is 0 Å². The molecule has 28 heavy (non-hydrogen) atoms. The van der Waals surface area contributed by atoms with Gasteiger partial charge in [0.05, 0.1) is 25.5 Å². The van der Waals surface area contributed by atoms with E-state index in [1.54, 1.807) is 6.26 Å². The summed E-state index contributed by atoms with van der Waals surface area (Å²) in [4.78, 5) is 9.26. The van der Waals surface area contributed by atoms with Crippen LogP contribution in [0.1, 0.15) is 39.5 Å². The van der Waals surface area contributed by atoms with Crippen LogP contribution in [0.15, 0.2) is 27.8 Å². The molecule has 1 saturated heterocycles. The van der Waals surface area contributed by atoms with Gasteiger partial charge in [-0.25, -0.2) is 0 Å². The third kappa shape index (κ3) is 7.20. The number of guanidine groups is 1. The van der Waals surface area contributed by atoms with Crippen LogP contribution in [0.25, 0.3) is 0 Å². The van der Waals surface area contributed by atoms with E-state index >= 15 is 0 Å². The molecule has 2 rings (SSSR count). The van der Waals surface area contributed by atoms with E-state index in [0.717, 1.165) is 64.2 Å². The maximum atomic E-state index is 5.68. The van der Waals surface area contributed by atoms with Crippen molar-refractivity contribution in [3.05, 3.63) is 24.2 Å². The zero-order valence-electron chi connectivity index (χ0n) is 18.0. The van der Waals surface area contributed by atoms with E-state index in [4.69, 9.17) is 9.15 Å². The fourth-order valence-electron chi connectivity index (χ4n) is 3.55. The molecular formula is C20H38IN5O2. The minimum atomic E-state index is 0. The number of hydrogen-bond acceptors (Lipinski definition) is 5. The van der Waals surface area contributed by atoms with E-state index < -0.39 is 0 Å². The van der Waals surface area contributed by atoms with Crippen molar-refractivity contribution in [1.29, 1.82) is 0 Å². The molecule has 1 fully saturated rings. The van der Waals surface area contributed by atoms with Gasteiger partial charge >= 0.3 is 0 Å². The Morgan fingerprint density at radius 3 is 2.46 bits per heavy atom. The molecule has 0 saturated carbocycles. The molecule has 0 aliphatic carbocycles. The minimum Gasteiger partial charge on any atom is -0.468 e. The zero-order valence-corrected chi connectivity index (χ0v) is 20.4. The van der Waals surface area contributed by atoms with E-state index in [-0.39, 0.29) is 35.6 Å². The number of likely N-dealkylation sites (N-methyl/N-ethyl adjacent to an activating group) is 1. The van der Waals surface area contributed by atoms with Crippen LogP contribution in [0.3, 0.4) is 0 Å². The lowest BCUT2D eigenvalue weighted by atomic mass is 10.0. The predicted molar refractivity (Wildman–Crippen MR) is 126 cm³/mol. The molecule has 1 aromatic heterocycles. The molecule has 7 nitrogen and oxygen atoms in total. The van der Waals surface area contributed by atoms with Crippen molar-refractivity contribution in [3.63, 3.8) is 0 Å². The number of rotatable bonds is 9. The highest BCUT2D eigenvalue weighted by Crippen LogP contribution is 2.20. The smallest absolute Gasteiger partial charge is 0.191 e. The van der Waals surface area contributed by atoms with Crippen LogP contribution in [-0.2, 0) is 4.74 Å². The van der Waals surface area contributed by atoms with Crippen LogP contribution in [0.2, 0.25) is 0 Å². The Hall–Kier alpha value is -0.840. The molecule has 2 N–H and O–H groups in total. The first-order valence-corrected chi connectivity index (χ1v) is 10.1. The van der Waals surface area contributed by atoms with E-state index in [1.807, 2.05) is 19.2 Å². The van der Waals surface area contributed by atoms with E-state index in [9.17, 15) is 0 Å². The summed E-state index contributed by atoms with van der Waals surface area (Å²) < 4.78 is 11.2. The molecule has 1 aliphatic heterocycles. The Morgan fingerprint density at radius 2 is 1.93 bits per heavy atom. The average Bonchev–Trinajstić information content (AvgIpc) is 3.22. The number of aliphatic imine (C=N–C) groups is 1. The largest absolute Gasteiger partial charge is 0.468 e. The lowest BCUT2D eigenvalue weighted by Gasteiger charge is -2.41. The van der Waals surface area contributed by atoms with Gasteiger partial charge in [0, 0.05) is 38.8 Å². The second-order valence-corrected chi connectivity index (χ2v) is 7.47. The summed E-state index contributed by atoms with van der Waals surface area (Å²) in [5, 5.41) is 6.97. The molecule has 0 amide bonds. The highest BCUT2D eigenvalue weighted by Gasteiger charge is 2.28. The molecule has 8 heteroatoms. The maximum Gasteiger partial charge on any atom is 0.191 e. The van der Waals surface area contributed by atoms with Crippen LogP contribution >= 0.6 is 24.0 Å². The van der Waals surface area contributed by atoms with Gasteiger partial charge in [-0.05, 0) is 39.1 Å². The topological polar surface area (TPSA) is 65.3 Å². The lowest BCUT2D eigenvalue weighted by molar-refractivity contribution is -0.00834. The van der Waals surface area contributed by atoms with Gasteiger partial charge < -0.3 is 19.8 Å². The van der Waals surface area contributed by atoms with Gasteiger partial charge in [0.15, 0.2) is 5.96 Å². The molecule has 1 aromatic rings. The third-order valence-electron chi connectivity index (χ3n) is 5.37. The summed E-state index contributed by atoms with van der Waals surface area (Å²) in [6.07, 6.45) is 1.74.